The number of halogens is 1. The van der Waals surface area contributed by atoms with Crippen molar-refractivity contribution < 1.29 is 9.18 Å². The van der Waals surface area contributed by atoms with Crippen molar-refractivity contribution in [2.45, 2.75) is 12.6 Å². The molecule has 2 amide bonds. The van der Waals surface area contributed by atoms with Crippen molar-refractivity contribution in [2.24, 2.45) is 5.73 Å². The third-order valence-corrected chi connectivity index (χ3v) is 1.44. The van der Waals surface area contributed by atoms with Gasteiger partial charge in [0.05, 0.1) is 6.54 Å². The van der Waals surface area contributed by atoms with E-state index in [0.717, 1.165) is 0 Å². The van der Waals surface area contributed by atoms with Gasteiger partial charge in [-0.3, -0.25) is 0 Å². The van der Waals surface area contributed by atoms with E-state index in [1.54, 1.807) is 0 Å². The normalized spacial score (nSPS) is 26.8. The molecule has 0 aromatic carbocycles. The smallest absolute Gasteiger partial charge is 0.314 e. The molecule has 1 aliphatic rings. The van der Waals surface area contributed by atoms with E-state index < -0.39 is 12.2 Å². The zero-order valence-electron chi connectivity index (χ0n) is 5.01. The van der Waals surface area contributed by atoms with E-state index in [0.29, 0.717) is 13.0 Å². The first-order chi connectivity index (χ1) is 4.20. The topological polar surface area (TPSA) is 46.3 Å². The van der Waals surface area contributed by atoms with E-state index in [1.807, 2.05) is 0 Å². The second kappa shape index (κ2) is 2.21. The summed E-state index contributed by atoms with van der Waals surface area (Å²) in [6, 6.07) is -0.518. The number of hydrogen-bond acceptors (Lipinski definition) is 1. The van der Waals surface area contributed by atoms with Crippen LogP contribution in [0.4, 0.5) is 9.18 Å². The summed E-state index contributed by atoms with van der Waals surface area (Å²) in [6.07, 6.45) is -0.430. The van der Waals surface area contributed by atoms with Crippen LogP contribution < -0.4 is 5.73 Å². The molecule has 9 heavy (non-hydrogen) atoms. The van der Waals surface area contributed by atoms with Crippen LogP contribution in [-0.2, 0) is 0 Å². The molecule has 0 saturated carbocycles. The van der Waals surface area contributed by atoms with Crippen LogP contribution >= 0.6 is 0 Å². The van der Waals surface area contributed by atoms with Gasteiger partial charge in [0.1, 0.15) is 6.17 Å². The summed E-state index contributed by atoms with van der Waals surface area (Å²) in [7, 11) is 0. The molecule has 0 bridgehead atoms. The molecule has 2 N–H and O–H groups in total. The number of alkyl halides is 1. The second-order valence-corrected chi connectivity index (χ2v) is 2.17. The maximum atomic E-state index is 12.3. The van der Waals surface area contributed by atoms with Crippen LogP contribution in [0.25, 0.3) is 0 Å². The molecular weight excluding hydrogens is 123 g/mol. The van der Waals surface area contributed by atoms with Gasteiger partial charge in [0, 0.05) is 6.54 Å². The van der Waals surface area contributed by atoms with Gasteiger partial charge in [0.2, 0.25) is 0 Å². The fourth-order valence-corrected chi connectivity index (χ4v) is 0.918. The Labute approximate surface area is 52.6 Å². The molecule has 0 aromatic rings. The lowest BCUT2D eigenvalue weighted by molar-refractivity contribution is 0.214. The summed E-state index contributed by atoms with van der Waals surface area (Å²) < 4.78 is 12.3. The Bertz CT molecular complexity index is 128. The highest BCUT2D eigenvalue weighted by molar-refractivity contribution is 5.72. The molecule has 0 unspecified atom stereocenters. The molecule has 4 heteroatoms. The monoisotopic (exact) mass is 132 g/mol. The Hall–Kier alpha value is -0.800. The van der Waals surface area contributed by atoms with Gasteiger partial charge in [-0.05, 0) is 6.42 Å². The first kappa shape index (κ1) is 6.32. The number of primary amides is 1. The van der Waals surface area contributed by atoms with Crippen LogP contribution in [0.5, 0.6) is 0 Å². The maximum absolute atomic E-state index is 12.3. The highest BCUT2D eigenvalue weighted by atomic mass is 19.1. The van der Waals surface area contributed by atoms with Gasteiger partial charge in [-0.1, -0.05) is 0 Å². The number of amides is 2. The molecule has 1 atom stereocenters. The third-order valence-electron chi connectivity index (χ3n) is 1.44. The molecule has 0 aliphatic carbocycles. The van der Waals surface area contributed by atoms with Crippen LogP contribution in [0.2, 0.25) is 0 Å². The number of nitrogens with zero attached hydrogens (tertiary/aromatic N) is 1. The van der Waals surface area contributed by atoms with Gasteiger partial charge in [0.25, 0.3) is 0 Å². The number of hydrogen-bond donors (Lipinski definition) is 1. The fraction of sp³-hybridized carbons (Fsp3) is 0.800. The van der Waals surface area contributed by atoms with Crippen LogP contribution in [0, 0.1) is 0 Å². The summed E-state index contributed by atoms with van der Waals surface area (Å²) in [5.41, 5.74) is 4.88. The first-order valence-corrected chi connectivity index (χ1v) is 2.88. The number of rotatable bonds is 0. The summed E-state index contributed by atoms with van der Waals surface area (Å²) in [5, 5.41) is 0. The molecule has 52 valence electrons. The van der Waals surface area contributed by atoms with E-state index in [2.05, 4.69) is 0 Å². The molecule has 1 aliphatic heterocycles. The molecule has 1 fully saturated rings. The van der Waals surface area contributed by atoms with Crippen molar-refractivity contribution in [1.29, 1.82) is 0 Å². The minimum absolute atomic E-state index is 0.176. The van der Waals surface area contributed by atoms with Gasteiger partial charge in [-0.2, -0.15) is 0 Å². The van der Waals surface area contributed by atoms with Crippen molar-refractivity contribution in [1.82, 2.24) is 4.90 Å². The Balaban J connectivity index is 2.39. The fourth-order valence-electron chi connectivity index (χ4n) is 0.918. The van der Waals surface area contributed by atoms with E-state index in [1.165, 1.54) is 4.90 Å². The Morgan fingerprint density at radius 1 is 1.78 bits per heavy atom. The molecule has 1 rings (SSSR count). The number of nitrogens with two attached hydrogens (primary N) is 1. The first-order valence-electron chi connectivity index (χ1n) is 2.88. The van der Waals surface area contributed by atoms with Crippen LogP contribution in [-0.4, -0.2) is 30.2 Å². The van der Waals surface area contributed by atoms with E-state index in [9.17, 15) is 9.18 Å². The van der Waals surface area contributed by atoms with Gasteiger partial charge < -0.3 is 10.6 Å². The maximum Gasteiger partial charge on any atom is 0.314 e. The Kier molecular flexibility index (Phi) is 1.55. The van der Waals surface area contributed by atoms with Crippen LogP contribution in [0.1, 0.15) is 6.42 Å². The summed E-state index contributed by atoms with van der Waals surface area (Å²) in [6.45, 7) is 0.645. The van der Waals surface area contributed by atoms with Gasteiger partial charge in [-0.25, -0.2) is 9.18 Å². The highest BCUT2D eigenvalue weighted by Crippen LogP contribution is 2.10. The van der Waals surface area contributed by atoms with E-state index in [-0.39, 0.29) is 6.54 Å². The molecule has 0 aromatic heterocycles. The molecule has 1 saturated heterocycles. The summed E-state index contributed by atoms with van der Waals surface area (Å²) >= 11 is 0. The number of likely N-dealkylation sites (tertiary alicyclic amines) is 1. The SMILES string of the molecule is NC(=O)N1CC[C@H](F)C1. The summed E-state index contributed by atoms with van der Waals surface area (Å²) in [4.78, 5) is 11.6. The predicted molar refractivity (Wildman–Crippen MR) is 30.7 cm³/mol. The van der Waals surface area contributed by atoms with Crippen molar-refractivity contribution in [2.75, 3.05) is 13.1 Å². The van der Waals surface area contributed by atoms with E-state index >= 15 is 0 Å². The largest absolute Gasteiger partial charge is 0.351 e. The molecule has 1 heterocycles. The molecule has 0 spiro atoms. The number of carbonyl (C=O) groups is 1. The quantitative estimate of drug-likeness (QED) is 0.499. The Morgan fingerprint density at radius 3 is 2.67 bits per heavy atom. The van der Waals surface area contributed by atoms with Gasteiger partial charge in [-0.15, -0.1) is 0 Å². The molecular formula is C5H9FN2O. The van der Waals surface area contributed by atoms with E-state index in [4.69, 9.17) is 5.73 Å². The Morgan fingerprint density at radius 2 is 2.44 bits per heavy atom. The van der Waals surface area contributed by atoms with Crippen molar-refractivity contribution in [3.63, 3.8) is 0 Å². The standard InChI is InChI=1S/C5H9FN2O/c6-4-1-2-8(3-4)5(7)9/h4H,1-3H2,(H2,7,9)/t4-/m0/s1. The average Bonchev–Trinajstić information content (AvgIpc) is 2.14. The van der Waals surface area contributed by atoms with Crippen LogP contribution in [0.3, 0.4) is 0 Å². The molecule has 0 radical (unpaired) electrons. The lowest BCUT2D eigenvalue weighted by Gasteiger charge is -2.09. The lowest BCUT2D eigenvalue weighted by Crippen LogP contribution is -2.33. The zero-order chi connectivity index (χ0) is 6.85. The van der Waals surface area contributed by atoms with Gasteiger partial charge in [0.15, 0.2) is 0 Å². The average molecular weight is 132 g/mol. The third kappa shape index (κ3) is 1.31. The van der Waals surface area contributed by atoms with Crippen LogP contribution in [0.15, 0.2) is 0 Å². The van der Waals surface area contributed by atoms with Crippen molar-refractivity contribution >= 4 is 6.03 Å². The minimum atomic E-state index is -0.863. The highest BCUT2D eigenvalue weighted by Gasteiger charge is 2.23. The zero-order valence-corrected chi connectivity index (χ0v) is 5.01. The molecule has 3 nitrogen and oxygen atoms in total. The summed E-state index contributed by atoms with van der Waals surface area (Å²) in [5.74, 6) is 0. The lowest BCUT2D eigenvalue weighted by atomic mass is 10.3. The predicted octanol–water partition coefficient (Wildman–Crippen LogP) is 0.109. The van der Waals surface area contributed by atoms with Gasteiger partial charge >= 0.3 is 6.03 Å². The number of urea groups is 1. The van der Waals surface area contributed by atoms with Crippen molar-refractivity contribution in [3.05, 3.63) is 0 Å². The number of carbonyl (C=O) groups excluding carboxylic acids is 1. The minimum Gasteiger partial charge on any atom is -0.351 e. The second-order valence-electron chi connectivity index (χ2n) is 2.17. The van der Waals surface area contributed by atoms with Crippen molar-refractivity contribution in [3.8, 4) is 0 Å².